The number of halogens is 1. The van der Waals surface area contributed by atoms with E-state index in [-0.39, 0.29) is 0 Å². The van der Waals surface area contributed by atoms with Crippen molar-refractivity contribution in [3.05, 3.63) is 16.0 Å². The minimum absolute atomic E-state index is 0.480. The Balaban J connectivity index is 2.27. The fraction of sp³-hybridized carbons (Fsp3) is 0.667. The van der Waals surface area contributed by atoms with Crippen molar-refractivity contribution in [3.63, 3.8) is 0 Å². The molecule has 1 aromatic rings. The van der Waals surface area contributed by atoms with E-state index < -0.39 is 0 Å². The van der Waals surface area contributed by atoms with E-state index in [2.05, 4.69) is 38.1 Å². The lowest BCUT2D eigenvalue weighted by molar-refractivity contribution is 0.660. The van der Waals surface area contributed by atoms with Gasteiger partial charge in [-0.1, -0.05) is 6.42 Å². The lowest BCUT2D eigenvalue weighted by Gasteiger charge is -2.21. The standard InChI is InChI=1S/C12H18BrN3S/c1-3-14-12-10(13)8(2)15-11(16-12)9-6-4-5-7-17-9/h9H,3-7H2,1-2H3,(H,14,15,16). The first-order valence-electron chi connectivity index (χ1n) is 6.12. The Kier molecular flexibility index (Phi) is 4.68. The van der Waals surface area contributed by atoms with E-state index in [1.165, 1.54) is 25.0 Å². The van der Waals surface area contributed by atoms with Crippen LogP contribution in [0.2, 0.25) is 0 Å². The average Bonchev–Trinajstić information content (AvgIpc) is 2.36. The normalized spacial score (nSPS) is 20.3. The van der Waals surface area contributed by atoms with Gasteiger partial charge < -0.3 is 5.32 Å². The van der Waals surface area contributed by atoms with Gasteiger partial charge in [-0.15, -0.1) is 0 Å². The van der Waals surface area contributed by atoms with E-state index in [0.717, 1.165) is 28.4 Å². The van der Waals surface area contributed by atoms with Crippen LogP contribution in [-0.4, -0.2) is 22.3 Å². The van der Waals surface area contributed by atoms with Gasteiger partial charge in [0.2, 0.25) is 0 Å². The average molecular weight is 316 g/mol. The molecule has 0 amide bonds. The van der Waals surface area contributed by atoms with E-state index in [9.17, 15) is 0 Å². The largest absolute Gasteiger partial charge is 0.369 e. The van der Waals surface area contributed by atoms with Crippen LogP contribution >= 0.6 is 27.7 Å². The summed E-state index contributed by atoms with van der Waals surface area (Å²) in [6.07, 6.45) is 3.83. The van der Waals surface area contributed by atoms with Crippen molar-refractivity contribution in [1.82, 2.24) is 9.97 Å². The highest BCUT2D eigenvalue weighted by atomic mass is 79.9. The van der Waals surface area contributed by atoms with Crippen molar-refractivity contribution in [2.45, 2.75) is 38.4 Å². The van der Waals surface area contributed by atoms with Gasteiger partial charge in [0.25, 0.3) is 0 Å². The highest BCUT2D eigenvalue weighted by Crippen LogP contribution is 2.38. The fourth-order valence-electron chi connectivity index (χ4n) is 1.95. The maximum Gasteiger partial charge on any atom is 0.144 e. The summed E-state index contributed by atoms with van der Waals surface area (Å²) < 4.78 is 0.990. The minimum atomic E-state index is 0.480. The first-order valence-corrected chi connectivity index (χ1v) is 7.96. The number of aromatic nitrogens is 2. The SMILES string of the molecule is CCNc1nc(C2CCCCS2)nc(C)c1Br. The predicted molar refractivity (Wildman–Crippen MR) is 77.7 cm³/mol. The molecule has 0 spiro atoms. The summed E-state index contributed by atoms with van der Waals surface area (Å²) in [5.74, 6) is 3.16. The van der Waals surface area contributed by atoms with Gasteiger partial charge in [0.1, 0.15) is 11.6 Å². The Labute approximate surface area is 115 Å². The Morgan fingerprint density at radius 3 is 2.88 bits per heavy atom. The van der Waals surface area contributed by atoms with Gasteiger partial charge in [0.15, 0.2) is 0 Å². The number of hydrogen-bond donors (Lipinski definition) is 1. The summed E-state index contributed by atoms with van der Waals surface area (Å²) in [5, 5.41) is 3.77. The molecular formula is C12H18BrN3S. The maximum absolute atomic E-state index is 4.66. The number of thioether (sulfide) groups is 1. The number of nitrogens with one attached hydrogen (secondary N) is 1. The first kappa shape index (κ1) is 13.1. The van der Waals surface area contributed by atoms with Crippen LogP contribution in [0.5, 0.6) is 0 Å². The van der Waals surface area contributed by atoms with Crippen LogP contribution in [0.4, 0.5) is 5.82 Å². The summed E-state index contributed by atoms with van der Waals surface area (Å²) in [5.41, 5.74) is 1.03. The van der Waals surface area contributed by atoms with Crippen LogP contribution in [-0.2, 0) is 0 Å². The number of nitrogens with zero attached hydrogens (tertiary/aromatic N) is 2. The van der Waals surface area contributed by atoms with Crippen molar-refractivity contribution in [1.29, 1.82) is 0 Å². The molecule has 1 saturated heterocycles. The second kappa shape index (κ2) is 6.05. The number of anilines is 1. The molecule has 1 N–H and O–H groups in total. The van der Waals surface area contributed by atoms with Gasteiger partial charge >= 0.3 is 0 Å². The van der Waals surface area contributed by atoms with Crippen LogP contribution in [0.1, 0.15) is 43.0 Å². The molecule has 0 aromatic carbocycles. The van der Waals surface area contributed by atoms with Crippen LogP contribution in [0.15, 0.2) is 4.47 Å². The van der Waals surface area contributed by atoms with Gasteiger partial charge in [0.05, 0.1) is 15.4 Å². The van der Waals surface area contributed by atoms with E-state index in [0.29, 0.717) is 5.25 Å². The first-order chi connectivity index (χ1) is 8.22. The molecule has 17 heavy (non-hydrogen) atoms. The zero-order valence-corrected chi connectivity index (χ0v) is 12.7. The van der Waals surface area contributed by atoms with E-state index in [4.69, 9.17) is 0 Å². The zero-order valence-electron chi connectivity index (χ0n) is 10.3. The quantitative estimate of drug-likeness (QED) is 0.916. The van der Waals surface area contributed by atoms with Crippen molar-refractivity contribution in [3.8, 4) is 0 Å². The molecule has 1 unspecified atom stereocenters. The van der Waals surface area contributed by atoms with E-state index in [1.54, 1.807) is 0 Å². The molecule has 2 heterocycles. The van der Waals surface area contributed by atoms with E-state index >= 15 is 0 Å². The molecule has 1 aromatic heterocycles. The van der Waals surface area contributed by atoms with Crippen molar-refractivity contribution < 1.29 is 0 Å². The van der Waals surface area contributed by atoms with Crippen LogP contribution in [0.25, 0.3) is 0 Å². The second-order valence-corrected chi connectivity index (χ2v) is 6.32. The Morgan fingerprint density at radius 1 is 1.41 bits per heavy atom. The molecular weight excluding hydrogens is 298 g/mol. The number of rotatable bonds is 3. The highest BCUT2D eigenvalue weighted by molar-refractivity contribution is 9.10. The van der Waals surface area contributed by atoms with Crippen LogP contribution in [0, 0.1) is 6.92 Å². The van der Waals surface area contributed by atoms with Gasteiger partial charge in [-0.2, -0.15) is 11.8 Å². The van der Waals surface area contributed by atoms with Crippen molar-refractivity contribution >= 4 is 33.5 Å². The maximum atomic E-state index is 4.66. The van der Waals surface area contributed by atoms with Crippen molar-refractivity contribution in [2.75, 3.05) is 17.6 Å². The lowest BCUT2D eigenvalue weighted by Crippen LogP contribution is -2.11. The summed E-state index contributed by atoms with van der Waals surface area (Å²) in [6.45, 7) is 4.99. The van der Waals surface area contributed by atoms with Gasteiger partial charge in [0, 0.05) is 6.54 Å². The zero-order chi connectivity index (χ0) is 12.3. The van der Waals surface area contributed by atoms with Crippen LogP contribution < -0.4 is 5.32 Å². The highest BCUT2D eigenvalue weighted by Gasteiger charge is 2.20. The van der Waals surface area contributed by atoms with Crippen LogP contribution in [0.3, 0.4) is 0 Å². The monoisotopic (exact) mass is 315 g/mol. The number of aryl methyl sites for hydroxylation is 1. The summed E-state index contributed by atoms with van der Waals surface area (Å²) in [7, 11) is 0. The van der Waals surface area contributed by atoms with Gasteiger partial charge in [-0.05, 0) is 48.4 Å². The van der Waals surface area contributed by atoms with Crippen molar-refractivity contribution in [2.24, 2.45) is 0 Å². The molecule has 1 fully saturated rings. The summed E-state index contributed by atoms with van der Waals surface area (Å²) in [6, 6.07) is 0. The molecule has 1 aliphatic rings. The molecule has 94 valence electrons. The molecule has 0 radical (unpaired) electrons. The molecule has 5 heteroatoms. The Morgan fingerprint density at radius 2 is 2.24 bits per heavy atom. The molecule has 0 saturated carbocycles. The predicted octanol–water partition coefficient (Wildman–Crippen LogP) is 3.94. The Hall–Kier alpha value is -0.290. The summed E-state index contributed by atoms with van der Waals surface area (Å²) >= 11 is 5.53. The molecule has 1 atom stereocenters. The molecule has 3 nitrogen and oxygen atoms in total. The lowest BCUT2D eigenvalue weighted by atomic mass is 10.2. The molecule has 0 aliphatic carbocycles. The minimum Gasteiger partial charge on any atom is -0.369 e. The molecule has 1 aliphatic heterocycles. The summed E-state index contributed by atoms with van der Waals surface area (Å²) in [4.78, 5) is 9.28. The fourth-order valence-corrected chi connectivity index (χ4v) is 3.51. The molecule has 0 bridgehead atoms. The van der Waals surface area contributed by atoms with Gasteiger partial charge in [-0.3, -0.25) is 0 Å². The Bertz CT molecular complexity index is 392. The smallest absolute Gasteiger partial charge is 0.144 e. The number of hydrogen-bond acceptors (Lipinski definition) is 4. The third kappa shape index (κ3) is 3.13. The topological polar surface area (TPSA) is 37.8 Å². The van der Waals surface area contributed by atoms with Gasteiger partial charge in [-0.25, -0.2) is 9.97 Å². The second-order valence-electron chi connectivity index (χ2n) is 4.22. The molecule has 2 rings (SSSR count). The third-order valence-electron chi connectivity index (χ3n) is 2.85. The third-order valence-corrected chi connectivity index (χ3v) is 5.17. The van der Waals surface area contributed by atoms with E-state index in [1.807, 2.05) is 18.7 Å².